The maximum Gasteiger partial charge on any atom is 0.407 e. The summed E-state index contributed by atoms with van der Waals surface area (Å²) in [6, 6.07) is 4.06. The molecule has 1 rings (SSSR count). The molecule has 0 fully saturated rings. The van der Waals surface area contributed by atoms with Gasteiger partial charge in [0.1, 0.15) is 5.60 Å². The molecule has 0 aliphatic carbocycles. The Morgan fingerprint density at radius 1 is 1.30 bits per heavy atom. The van der Waals surface area contributed by atoms with E-state index in [1.165, 1.54) is 0 Å². The number of ether oxygens (including phenoxy) is 1. The lowest BCUT2D eigenvalue weighted by atomic mass is 10.2. The Bertz CT molecular complexity index is 410. The summed E-state index contributed by atoms with van der Waals surface area (Å²) in [7, 11) is 0. The molecule has 5 nitrogen and oxygen atoms in total. The number of amides is 1. The molecule has 1 heterocycles. The summed E-state index contributed by atoms with van der Waals surface area (Å²) in [5, 5.41) is 6.04. The molecular formula is C15H25N3O2. The van der Waals surface area contributed by atoms with E-state index in [9.17, 15) is 4.79 Å². The van der Waals surface area contributed by atoms with Crippen molar-refractivity contribution in [2.45, 2.75) is 46.3 Å². The van der Waals surface area contributed by atoms with E-state index in [4.69, 9.17) is 4.74 Å². The largest absolute Gasteiger partial charge is 0.444 e. The molecule has 0 aromatic carbocycles. The van der Waals surface area contributed by atoms with Gasteiger partial charge in [0.15, 0.2) is 0 Å². The van der Waals surface area contributed by atoms with Gasteiger partial charge in [-0.05, 0) is 52.3 Å². The lowest BCUT2D eigenvalue weighted by Crippen LogP contribution is -2.33. The number of aromatic nitrogens is 1. The molecule has 5 heteroatoms. The molecule has 0 bridgehead atoms. The molecule has 0 saturated carbocycles. The zero-order chi connectivity index (χ0) is 15.0. The van der Waals surface area contributed by atoms with E-state index >= 15 is 0 Å². The summed E-state index contributed by atoms with van der Waals surface area (Å²) in [4.78, 5) is 15.6. The van der Waals surface area contributed by atoms with Crippen molar-refractivity contribution in [1.29, 1.82) is 0 Å². The average Bonchev–Trinajstić information content (AvgIpc) is 2.33. The normalized spacial score (nSPS) is 11.2. The minimum absolute atomic E-state index is 0.361. The zero-order valence-corrected chi connectivity index (χ0v) is 12.8. The highest BCUT2D eigenvalue weighted by atomic mass is 16.6. The molecule has 2 N–H and O–H groups in total. The van der Waals surface area contributed by atoms with Crippen LogP contribution in [-0.2, 0) is 11.3 Å². The minimum atomic E-state index is -0.444. The SMILES string of the molecule is Cc1ccc(CNCCCNC(=O)OC(C)(C)C)cn1. The number of carbonyl (C=O) groups is 1. The van der Waals surface area contributed by atoms with Crippen LogP contribution in [0, 0.1) is 6.92 Å². The number of aryl methyl sites for hydroxylation is 1. The second-order valence-corrected chi connectivity index (χ2v) is 5.77. The number of rotatable bonds is 6. The van der Waals surface area contributed by atoms with Crippen LogP contribution in [0.4, 0.5) is 4.79 Å². The van der Waals surface area contributed by atoms with Gasteiger partial charge in [-0.2, -0.15) is 0 Å². The third-order valence-electron chi connectivity index (χ3n) is 2.50. The number of alkyl carbamates (subject to hydrolysis) is 1. The van der Waals surface area contributed by atoms with Crippen LogP contribution in [0.25, 0.3) is 0 Å². The standard InChI is InChI=1S/C15H25N3O2/c1-12-6-7-13(11-18-12)10-16-8-5-9-17-14(19)20-15(2,3)4/h6-7,11,16H,5,8-10H2,1-4H3,(H,17,19). The number of pyridine rings is 1. The predicted molar refractivity (Wildman–Crippen MR) is 79.5 cm³/mol. The van der Waals surface area contributed by atoms with Gasteiger partial charge in [-0.3, -0.25) is 4.98 Å². The lowest BCUT2D eigenvalue weighted by Gasteiger charge is -2.19. The van der Waals surface area contributed by atoms with Crippen LogP contribution < -0.4 is 10.6 Å². The summed E-state index contributed by atoms with van der Waals surface area (Å²) >= 11 is 0. The maximum atomic E-state index is 11.4. The Morgan fingerprint density at radius 2 is 2.05 bits per heavy atom. The fourth-order valence-electron chi connectivity index (χ4n) is 1.55. The van der Waals surface area contributed by atoms with Crippen LogP contribution in [0.3, 0.4) is 0 Å². The fourth-order valence-corrected chi connectivity index (χ4v) is 1.55. The molecule has 0 saturated heterocycles. The van der Waals surface area contributed by atoms with Gasteiger partial charge >= 0.3 is 6.09 Å². The van der Waals surface area contributed by atoms with E-state index in [-0.39, 0.29) is 6.09 Å². The fraction of sp³-hybridized carbons (Fsp3) is 0.600. The number of hydrogen-bond donors (Lipinski definition) is 2. The monoisotopic (exact) mass is 279 g/mol. The molecule has 1 aromatic heterocycles. The molecule has 0 unspecified atom stereocenters. The van der Waals surface area contributed by atoms with Crippen molar-refractivity contribution in [3.05, 3.63) is 29.6 Å². The van der Waals surface area contributed by atoms with Crippen LogP contribution in [-0.4, -0.2) is 29.8 Å². The van der Waals surface area contributed by atoms with Crippen molar-refractivity contribution >= 4 is 6.09 Å². The van der Waals surface area contributed by atoms with Crippen molar-refractivity contribution < 1.29 is 9.53 Å². The second-order valence-electron chi connectivity index (χ2n) is 5.77. The predicted octanol–water partition coefficient (Wildman–Crippen LogP) is 2.39. The first kappa shape index (κ1) is 16.4. The molecule has 0 aliphatic rings. The molecular weight excluding hydrogens is 254 g/mol. The minimum Gasteiger partial charge on any atom is -0.444 e. The number of hydrogen-bond acceptors (Lipinski definition) is 4. The Kier molecular flexibility index (Phi) is 6.45. The Balaban J connectivity index is 2.05. The molecule has 112 valence electrons. The van der Waals surface area contributed by atoms with Crippen LogP contribution in [0.15, 0.2) is 18.3 Å². The van der Waals surface area contributed by atoms with Crippen molar-refractivity contribution in [3.8, 4) is 0 Å². The van der Waals surface area contributed by atoms with Gasteiger partial charge < -0.3 is 15.4 Å². The van der Waals surface area contributed by atoms with E-state index in [2.05, 4.69) is 21.7 Å². The van der Waals surface area contributed by atoms with Crippen molar-refractivity contribution in [1.82, 2.24) is 15.6 Å². The van der Waals surface area contributed by atoms with Gasteiger partial charge in [-0.1, -0.05) is 6.07 Å². The van der Waals surface area contributed by atoms with Gasteiger partial charge in [-0.25, -0.2) is 4.79 Å². The van der Waals surface area contributed by atoms with Crippen LogP contribution >= 0.6 is 0 Å². The summed E-state index contributed by atoms with van der Waals surface area (Å²) in [6.07, 6.45) is 2.38. The highest BCUT2D eigenvalue weighted by Gasteiger charge is 2.15. The first-order valence-electron chi connectivity index (χ1n) is 6.96. The second kappa shape index (κ2) is 7.85. The Labute approximate surface area is 121 Å². The maximum absolute atomic E-state index is 11.4. The molecule has 0 atom stereocenters. The molecule has 1 amide bonds. The number of carbonyl (C=O) groups excluding carboxylic acids is 1. The summed E-state index contributed by atoms with van der Waals surface area (Å²) in [6.45, 7) is 9.76. The summed E-state index contributed by atoms with van der Waals surface area (Å²) in [5.41, 5.74) is 1.74. The van der Waals surface area contributed by atoms with E-state index in [0.29, 0.717) is 6.54 Å². The Hall–Kier alpha value is -1.62. The van der Waals surface area contributed by atoms with Crippen LogP contribution in [0.2, 0.25) is 0 Å². The number of nitrogens with zero attached hydrogens (tertiary/aromatic N) is 1. The van der Waals surface area contributed by atoms with E-state index in [1.807, 2.05) is 40.0 Å². The third-order valence-corrected chi connectivity index (χ3v) is 2.50. The highest BCUT2D eigenvalue weighted by molar-refractivity contribution is 5.67. The van der Waals surface area contributed by atoms with Gasteiger partial charge in [0.2, 0.25) is 0 Å². The van der Waals surface area contributed by atoms with Crippen LogP contribution in [0.5, 0.6) is 0 Å². The lowest BCUT2D eigenvalue weighted by molar-refractivity contribution is 0.0527. The van der Waals surface area contributed by atoms with E-state index < -0.39 is 5.60 Å². The first-order chi connectivity index (χ1) is 9.37. The Morgan fingerprint density at radius 3 is 2.65 bits per heavy atom. The average molecular weight is 279 g/mol. The molecule has 20 heavy (non-hydrogen) atoms. The molecule has 0 radical (unpaired) electrons. The van der Waals surface area contributed by atoms with Crippen molar-refractivity contribution in [2.24, 2.45) is 0 Å². The number of nitrogens with one attached hydrogen (secondary N) is 2. The highest BCUT2D eigenvalue weighted by Crippen LogP contribution is 2.06. The molecule has 0 aliphatic heterocycles. The summed E-state index contributed by atoms with van der Waals surface area (Å²) in [5.74, 6) is 0. The zero-order valence-electron chi connectivity index (χ0n) is 12.8. The quantitative estimate of drug-likeness (QED) is 0.785. The first-order valence-corrected chi connectivity index (χ1v) is 6.96. The molecule has 1 aromatic rings. The topological polar surface area (TPSA) is 63.2 Å². The molecule has 0 spiro atoms. The smallest absolute Gasteiger partial charge is 0.407 e. The van der Waals surface area contributed by atoms with Crippen molar-refractivity contribution in [2.75, 3.05) is 13.1 Å². The van der Waals surface area contributed by atoms with E-state index in [1.54, 1.807) is 0 Å². The third kappa shape index (κ3) is 7.74. The van der Waals surface area contributed by atoms with Gasteiger partial charge in [-0.15, -0.1) is 0 Å². The summed E-state index contributed by atoms with van der Waals surface area (Å²) < 4.78 is 5.15. The van der Waals surface area contributed by atoms with Gasteiger partial charge in [0.25, 0.3) is 0 Å². The van der Waals surface area contributed by atoms with Crippen molar-refractivity contribution in [3.63, 3.8) is 0 Å². The van der Waals surface area contributed by atoms with Crippen LogP contribution in [0.1, 0.15) is 38.4 Å². The van der Waals surface area contributed by atoms with E-state index in [0.717, 1.165) is 30.8 Å². The van der Waals surface area contributed by atoms with Gasteiger partial charge in [0.05, 0.1) is 0 Å². The van der Waals surface area contributed by atoms with Gasteiger partial charge in [0, 0.05) is 25.0 Å².